The zero-order valence-electron chi connectivity index (χ0n) is 17.6. The molecule has 0 bridgehead atoms. The predicted octanol–water partition coefficient (Wildman–Crippen LogP) is 5.48. The van der Waals surface area contributed by atoms with E-state index in [2.05, 4.69) is 5.32 Å². The summed E-state index contributed by atoms with van der Waals surface area (Å²) in [5.41, 5.74) is 2.94. The number of thioether (sulfide) groups is 1. The molecule has 0 saturated carbocycles. The quantitative estimate of drug-likeness (QED) is 0.504. The van der Waals surface area contributed by atoms with Gasteiger partial charge in [0.15, 0.2) is 0 Å². The first-order valence-corrected chi connectivity index (χ1v) is 11.9. The topological polar surface area (TPSA) is 49.4 Å². The summed E-state index contributed by atoms with van der Waals surface area (Å²) in [4.78, 5) is 27.5. The molecule has 30 heavy (non-hydrogen) atoms. The van der Waals surface area contributed by atoms with Crippen LogP contribution in [0.3, 0.4) is 0 Å². The van der Waals surface area contributed by atoms with E-state index < -0.39 is 6.04 Å². The van der Waals surface area contributed by atoms with Gasteiger partial charge in [-0.2, -0.15) is 0 Å². The Morgan fingerprint density at radius 3 is 2.37 bits per heavy atom. The molecule has 0 unspecified atom stereocenters. The summed E-state index contributed by atoms with van der Waals surface area (Å²) in [5.74, 6) is 0.562. The van der Waals surface area contributed by atoms with Crippen LogP contribution < -0.4 is 5.32 Å². The van der Waals surface area contributed by atoms with Crippen molar-refractivity contribution in [1.82, 2.24) is 10.2 Å². The molecule has 0 aliphatic rings. The largest absolute Gasteiger partial charge is 0.355 e. The van der Waals surface area contributed by atoms with Crippen LogP contribution in [-0.2, 0) is 21.9 Å². The Kier molecular flexibility index (Phi) is 10.0. The number of nitrogens with zero attached hydrogens (tertiary/aromatic N) is 1. The highest BCUT2D eigenvalue weighted by atomic mass is 35.5. The van der Waals surface area contributed by atoms with Gasteiger partial charge >= 0.3 is 0 Å². The van der Waals surface area contributed by atoms with Gasteiger partial charge in [-0.05, 0) is 43.5 Å². The summed E-state index contributed by atoms with van der Waals surface area (Å²) in [6.45, 7) is 6.73. The second-order valence-corrected chi connectivity index (χ2v) is 8.82. The van der Waals surface area contributed by atoms with Crippen LogP contribution in [0.1, 0.15) is 37.0 Å². The summed E-state index contributed by atoms with van der Waals surface area (Å²) in [6.07, 6.45) is 0.546. The van der Waals surface area contributed by atoms with E-state index in [1.807, 2.05) is 45.0 Å². The molecule has 1 N–H and O–H groups in total. The Morgan fingerprint density at radius 1 is 1.10 bits per heavy atom. The van der Waals surface area contributed by atoms with Crippen molar-refractivity contribution in [3.63, 3.8) is 0 Å². The summed E-state index contributed by atoms with van der Waals surface area (Å²) < 4.78 is 0. The molecule has 0 radical (unpaired) electrons. The number of rotatable bonds is 10. The van der Waals surface area contributed by atoms with Gasteiger partial charge in [0, 0.05) is 28.9 Å². The summed E-state index contributed by atoms with van der Waals surface area (Å²) in [7, 11) is 0. The van der Waals surface area contributed by atoms with Crippen molar-refractivity contribution in [1.29, 1.82) is 0 Å². The highest BCUT2D eigenvalue weighted by Gasteiger charge is 2.28. The first kappa shape index (κ1) is 24.6. The molecule has 2 aromatic carbocycles. The number of amides is 2. The van der Waals surface area contributed by atoms with Crippen LogP contribution >= 0.6 is 35.0 Å². The fraction of sp³-hybridized carbons (Fsp3) is 0.391. The first-order chi connectivity index (χ1) is 14.4. The van der Waals surface area contributed by atoms with E-state index >= 15 is 0 Å². The van der Waals surface area contributed by atoms with Crippen molar-refractivity contribution in [2.24, 2.45) is 0 Å². The van der Waals surface area contributed by atoms with Gasteiger partial charge in [0.1, 0.15) is 6.04 Å². The SMILES string of the molecule is CCNC(=O)[C@@H](CC)N(Cc1cccc(C)c1)C(=O)CSCc1c(Cl)cccc1Cl. The third kappa shape index (κ3) is 6.93. The molecule has 0 saturated heterocycles. The fourth-order valence-corrected chi connectivity index (χ4v) is 4.86. The predicted molar refractivity (Wildman–Crippen MR) is 127 cm³/mol. The minimum Gasteiger partial charge on any atom is -0.355 e. The number of hydrogen-bond acceptors (Lipinski definition) is 3. The Labute approximate surface area is 193 Å². The van der Waals surface area contributed by atoms with E-state index in [1.54, 1.807) is 23.1 Å². The van der Waals surface area contributed by atoms with Crippen molar-refractivity contribution in [3.05, 3.63) is 69.2 Å². The molecule has 0 fully saturated rings. The molecule has 2 rings (SSSR count). The summed E-state index contributed by atoms with van der Waals surface area (Å²) in [6, 6.07) is 12.9. The molecule has 0 aromatic heterocycles. The van der Waals surface area contributed by atoms with Crippen LogP contribution in [0.25, 0.3) is 0 Å². The van der Waals surface area contributed by atoms with Gasteiger partial charge < -0.3 is 10.2 Å². The average molecular weight is 467 g/mol. The van der Waals surface area contributed by atoms with Crippen LogP contribution in [0.5, 0.6) is 0 Å². The molecular weight excluding hydrogens is 439 g/mol. The Morgan fingerprint density at radius 2 is 1.77 bits per heavy atom. The third-order valence-corrected chi connectivity index (χ3v) is 6.36. The van der Waals surface area contributed by atoms with Crippen molar-refractivity contribution >= 4 is 46.8 Å². The second kappa shape index (κ2) is 12.2. The van der Waals surface area contributed by atoms with Crippen LogP contribution in [0, 0.1) is 6.92 Å². The maximum Gasteiger partial charge on any atom is 0.242 e. The number of nitrogens with one attached hydrogen (secondary N) is 1. The van der Waals surface area contributed by atoms with Crippen molar-refractivity contribution in [2.45, 2.75) is 45.5 Å². The number of carbonyl (C=O) groups excluding carboxylic acids is 2. The lowest BCUT2D eigenvalue weighted by molar-refractivity contribution is -0.139. The van der Waals surface area contributed by atoms with Gasteiger partial charge in [-0.15, -0.1) is 11.8 Å². The third-order valence-electron chi connectivity index (χ3n) is 4.71. The van der Waals surface area contributed by atoms with Gasteiger partial charge in [0.05, 0.1) is 5.75 Å². The van der Waals surface area contributed by atoms with Gasteiger partial charge in [0.2, 0.25) is 11.8 Å². The highest BCUT2D eigenvalue weighted by molar-refractivity contribution is 7.99. The molecule has 2 aromatic rings. The van der Waals surface area contributed by atoms with Crippen molar-refractivity contribution in [2.75, 3.05) is 12.3 Å². The molecule has 7 heteroatoms. The Hall–Kier alpha value is -1.69. The van der Waals surface area contributed by atoms with E-state index in [9.17, 15) is 9.59 Å². The van der Waals surface area contributed by atoms with Gasteiger partial charge in [-0.1, -0.05) is 66.0 Å². The summed E-state index contributed by atoms with van der Waals surface area (Å²) >= 11 is 13.9. The normalized spacial score (nSPS) is 11.8. The highest BCUT2D eigenvalue weighted by Crippen LogP contribution is 2.28. The molecule has 162 valence electrons. The van der Waals surface area contributed by atoms with Gasteiger partial charge in [-0.3, -0.25) is 9.59 Å². The monoisotopic (exact) mass is 466 g/mol. The van der Waals surface area contributed by atoms with Crippen LogP contribution in [-0.4, -0.2) is 35.1 Å². The van der Waals surface area contributed by atoms with E-state index in [1.165, 1.54) is 11.8 Å². The molecule has 2 amide bonds. The van der Waals surface area contributed by atoms with Crippen molar-refractivity contribution in [3.8, 4) is 0 Å². The minimum atomic E-state index is -0.512. The Bertz CT molecular complexity index is 856. The van der Waals surface area contributed by atoms with Crippen LogP contribution in [0.15, 0.2) is 42.5 Å². The van der Waals surface area contributed by atoms with Gasteiger partial charge in [0.25, 0.3) is 0 Å². The Balaban J connectivity index is 2.15. The lowest BCUT2D eigenvalue weighted by atomic mass is 10.1. The maximum atomic E-state index is 13.2. The first-order valence-electron chi connectivity index (χ1n) is 10.0. The standard InChI is InChI=1S/C23H28Cl2N2O2S/c1-4-21(23(29)26-5-2)27(13-17-9-6-8-16(3)12-17)22(28)15-30-14-18-19(24)10-7-11-20(18)25/h6-12,21H,4-5,13-15H2,1-3H3,(H,26,29)/t21-/m1/s1. The van der Waals surface area contributed by atoms with E-state index in [4.69, 9.17) is 23.2 Å². The molecule has 4 nitrogen and oxygen atoms in total. The summed E-state index contributed by atoms with van der Waals surface area (Å²) in [5, 5.41) is 4.03. The molecular formula is C23H28Cl2N2O2S. The number of hydrogen-bond donors (Lipinski definition) is 1. The van der Waals surface area contributed by atoms with E-state index in [0.717, 1.165) is 16.7 Å². The lowest BCUT2D eigenvalue weighted by Crippen LogP contribution is -2.49. The number of likely N-dealkylation sites (N-methyl/N-ethyl adjacent to an activating group) is 1. The van der Waals surface area contributed by atoms with Crippen LogP contribution in [0.2, 0.25) is 10.0 Å². The smallest absolute Gasteiger partial charge is 0.242 e. The van der Waals surface area contributed by atoms with Gasteiger partial charge in [-0.25, -0.2) is 0 Å². The van der Waals surface area contributed by atoms with Crippen LogP contribution in [0.4, 0.5) is 0 Å². The minimum absolute atomic E-state index is 0.0808. The number of halogens is 2. The fourth-order valence-electron chi connectivity index (χ4n) is 3.21. The molecule has 0 heterocycles. The molecule has 0 aliphatic heterocycles. The van der Waals surface area contributed by atoms with Crippen molar-refractivity contribution < 1.29 is 9.59 Å². The second-order valence-electron chi connectivity index (χ2n) is 7.02. The maximum absolute atomic E-state index is 13.2. The zero-order chi connectivity index (χ0) is 22.1. The average Bonchev–Trinajstić information content (AvgIpc) is 2.70. The zero-order valence-corrected chi connectivity index (χ0v) is 19.9. The van der Waals surface area contributed by atoms with E-state index in [-0.39, 0.29) is 17.6 Å². The number of carbonyl (C=O) groups is 2. The number of benzene rings is 2. The number of aryl methyl sites for hydroxylation is 1. The molecule has 0 spiro atoms. The molecule has 1 atom stereocenters. The molecule has 0 aliphatic carbocycles. The van der Waals surface area contributed by atoms with E-state index in [0.29, 0.717) is 35.3 Å². The lowest BCUT2D eigenvalue weighted by Gasteiger charge is -2.30.